The zero-order valence-corrected chi connectivity index (χ0v) is 15.4. The van der Waals surface area contributed by atoms with Crippen molar-refractivity contribution in [1.29, 1.82) is 0 Å². The topological polar surface area (TPSA) is 59.8 Å². The van der Waals surface area contributed by atoms with Crippen LogP contribution < -0.4 is 10.2 Å². The monoisotopic (exact) mass is 363 g/mol. The van der Waals surface area contributed by atoms with Crippen molar-refractivity contribution < 1.29 is 13.9 Å². The van der Waals surface area contributed by atoms with Crippen LogP contribution >= 0.6 is 0 Å². The van der Waals surface area contributed by atoms with Gasteiger partial charge in [-0.1, -0.05) is 23.8 Å². The SMILES string of the molecule is COc1ccc(CN(C(=O)c2cc(=O)c3cc(C)ccc3o2)C2CC2)cc1. The molecule has 5 nitrogen and oxygen atoms in total. The molecule has 0 radical (unpaired) electrons. The number of benzene rings is 2. The maximum Gasteiger partial charge on any atom is 0.290 e. The summed E-state index contributed by atoms with van der Waals surface area (Å²) in [5.74, 6) is 0.628. The summed E-state index contributed by atoms with van der Waals surface area (Å²) in [5, 5.41) is 0.500. The number of aryl methyl sites for hydroxylation is 1. The van der Waals surface area contributed by atoms with Crippen LogP contribution in [0.25, 0.3) is 11.0 Å². The summed E-state index contributed by atoms with van der Waals surface area (Å²) < 4.78 is 11.0. The standard InChI is InChI=1S/C22H21NO4/c1-14-3-10-20-18(11-14)19(24)12-21(27-20)22(25)23(16-6-7-16)13-15-4-8-17(26-2)9-5-15/h3-5,8-12,16H,6-7,13H2,1-2H3. The third-order valence-corrected chi connectivity index (χ3v) is 4.85. The molecule has 0 N–H and O–H groups in total. The van der Waals surface area contributed by atoms with E-state index < -0.39 is 0 Å². The molecule has 1 heterocycles. The lowest BCUT2D eigenvalue weighted by Crippen LogP contribution is -2.33. The molecule has 1 aliphatic rings. The van der Waals surface area contributed by atoms with Crippen LogP contribution in [0.1, 0.15) is 34.5 Å². The maximum atomic E-state index is 13.1. The van der Waals surface area contributed by atoms with E-state index in [2.05, 4.69) is 0 Å². The minimum Gasteiger partial charge on any atom is -0.497 e. The van der Waals surface area contributed by atoms with Crippen molar-refractivity contribution in [3.63, 3.8) is 0 Å². The van der Waals surface area contributed by atoms with Crippen LogP contribution in [0.15, 0.2) is 57.7 Å². The van der Waals surface area contributed by atoms with E-state index >= 15 is 0 Å². The van der Waals surface area contributed by atoms with Crippen molar-refractivity contribution in [1.82, 2.24) is 4.90 Å². The Bertz CT molecular complexity index is 1050. The Kier molecular flexibility index (Phi) is 4.44. The third-order valence-electron chi connectivity index (χ3n) is 4.85. The fourth-order valence-corrected chi connectivity index (χ4v) is 3.20. The summed E-state index contributed by atoms with van der Waals surface area (Å²) in [4.78, 5) is 27.3. The predicted molar refractivity (Wildman–Crippen MR) is 103 cm³/mol. The molecule has 3 aromatic rings. The fourth-order valence-electron chi connectivity index (χ4n) is 3.20. The van der Waals surface area contributed by atoms with E-state index in [9.17, 15) is 9.59 Å². The largest absolute Gasteiger partial charge is 0.497 e. The molecule has 1 aliphatic carbocycles. The average molecular weight is 363 g/mol. The van der Waals surface area contributed by atoms with Gasteiger partial charge in [0, 0.05) is 18.7 Å². The molecule has 0 unspecified atom stereocenters. The fraction of sp³-hybridized carbons (Fsp3) is 0.273. The van der Waals surface area contributed by atoms with Crippen molar-refractivity contribution >= 4 is 16.9 Å². The Labute approximate surface area is 157 Å². The van der Waals surface area contributed by atoms with Crippen LogP contribution in [0.3, 0.4) is 0 Å². The Morgan fingerprint density at radius 1 is 1.15 bits per heavy atom. The number of methoxy groups -OCH3 is 1. The highest BCUT2D eigenvalue weighted by molar-refractivity contribution is 5.93. The van der Waals surface area contributed by atoms with Crippen LogP contribution in [0.2, 0.25) is 0 Å². The van der Waals surface area contributed by atoms with Gasteiger partial charge in [0.05, 0.1) is 12.5 Å². The highest BCUT2D eigenvalue weighted by Gasteiger charge is 2.34. The second-order valence-corrected chi connectivity index (χ2v) is 6.99. The smallest absolute Gasteiger partial charge is 0.290 e. The molecular weight excluding hydrogens is 342 g/mol. The normalized spacial score (nSPS) is 13.6. The zero-order valence-electron chi connectivity index (χ0n) is 15.4. The highest BCUT2D eigenvalue weighted by atomic mass is 16.5. The molecule has 2 aromatic carbocycles. The Balaban J connectivity index is 1.65. The minimum absolute atomic E-state index is 0.0942. The molecule has 0 saturated heterocycles. The first kappa shape index (κ1) is 17.3. The summed E-state index contributed by atoms with van der Waals surface area (Å²) in [6, 6.07) is 14.6. The quantitative estimate of drug-likeness (QED) is 0.689. The highest BCUT2D eigenvalue weighted by Crippen LogP contribution is 2.30. The number of ether oxygens (including phenoxy) is 1. The van der Waals surface area contributed by atoms with Gasteiger partial charge in [0.15, 0.2) is 11.2 Å². The molecular formula is C22H21NO4. The Morgan fingerprint density at radius 3 is 2.56 bits per heavy atom. The second-order valence-electron chi connectivity index (χ2n) is 6.99. The van der Waals surface area contributed by atoms with Crippen LogP contribution in [-0.2, 0) is 6.54 Å². The number of amides is 1. The Hall–Kier alpha value is -3.08. The van der Waals surface area contributed by atoms with Gasteiger partial charge >= 0.3 is 0 Å². The molecule has 138 valence electrons. The summed E-state index contributed by atoms with van der Waals surface area (Å²) >= 11 is 0. The number of fused-ring (bicyclic) bond motifs is 1. The summed E-state index contributed by atoms with van der Waals surface area (Å²) in [6.45, 7) is 2.39. The number of nitrogens with zero attached hydrogens (tertiary/aromatic N) is 1. The molecule has 0 spiro atoms. The molecule has 4 rings (SSSR count). The van der Waals surface area contributed by atoms with Crippen molar-refractivity contribution in [3.05, 3.63) is 75.6 Å². The van der Waals surface area contributed by atoms with Crippen LogP contribution in [-0.4, -0.2) is 24.0 Å². The molecule has 0 atom stereocenters. The zero-order chi connectivity index (χ0) is 19.0. The molecule has 0 bridgehead atoms. The van der Waals surface area contributed by atoms with Gasteiger partial charge < -0.3 is 14.1 Å². The first-order valence-electron chi connectivity index (χ1n) is 9.03. The molecule has 5 heteroatoms. The van der Waals surface area contributed by atoms with Crippen molar-refractivity contribution in [2.75, 3.05) is 7.11 Å². The maximum absolute atomic E-state index is 13.1. The number of hydrogen-bond donors (Lipinski definition) is 0. The lowest BCUT2D eigenvalue weighted by molar-refractivity contribution is 0.0698. The van der Waals surface area contributed by atoms with E-state index in [4.69, 9.17) is 9.15 Å². The van der Waals surface area contributed by atoms with E-state index in [1.165, 1.54) is 6.07 Å². The van der Waals surface area contributed by atoms with E-state index in [1.54, 1.807) is 24.1 Å². The van der Waals surface area contributed by atoms with Gasteiger partial charge in [-0.25, -0.2) is 0 Å². The van der Waals surface area contributed by atoms with Crippen LogP contribution in [0, 0.1) is 6.92 Å². The summed E-state index contributed by atoms with van der Waals surface area (Å²) in [7, 11) is 1.62. The molecule has 0 aliphatic heterocycles. The number of carbonyl (C=O) groups is 1. The molecule has 1 saturated carbocycles. The number of hydrogen-bond acceptors (Lipinski definition) is 4. The average Bonchev–Trinajstić information content (AvgIpc) is 3.51. The lowest BCUT2D eigenvalue weighted by atomic mass is 10.1. The first-order chi connectivity index (χ1) is 13.0. The van der Waals surface area contributed by atoms with Crippen molar-refractivity contribution in [2.24, 2.45) is 0 Å². The minimum atomic E-state index is -0.243. The third kappa shape index (κ3) is 3.58. The van der Waals surface area contributed by atoms with Gasteiger partial charge in [-0.05, 0) is 49.6 Å². The number of rotatable bonds is 5. The van der Waals surface area contributed by atoms with Crippen LogP contribution in [0.5, 0.6) is 5.75 Å². The Morgan fingerprint density at radius 2 is 1.89 bits per heavy atom. The molecule has 1 fully saturated rings. The second kappa shape index (κ2) is 6.91. The summed E-state index contributed by atoms with van der Waals surface area (Å²) in [5.41, 5.74) is 2.24. The number of carbonyl (C=O) groups excluding carboxylic acids is 1. The van der Waals surface area contributed by atoms with Crippen molar-refractivity contribution in [3.8, 4) is 5.75 Å². The van der Waals surface area contributed by atoms with Crippen molar-refractivity contribution in [2.45, 2.75) is 32.4 Å². The van der Waals surface area contributed by atoms with Gasteiger partial charge in [-0.15, -0.1) is 0 Å². The molecule has 1 amide bonds. The van der Waals surface area contributed by atoms with Gasteiger partial charge in [0.2, 0.25) is 0 Å². The van der Waals surface area contributed by atoms with Gasteiger partial charge in [-0.3, -0.25) is 9.59 Å². The lowest BCUT2D eigenvalue weighted by Gasteiger charge is -2.22. The van der Waals surface area contributed by atoms with E-state index in [1.807, 2.05) is 37.3 Å². The van der Waals surface area contributed by atoms with Gasteiger partial charge in [0.1, 0.15) is 11.3 Å². The van der Waals surface area contributed by atoms with Gasteiger partial charge in [0.25, 0.3) is 5.91 Å². The van der Waals surface area contributed by atoms with Crippen LogP contribution in [0.4, 0.5) is 0 Å². The van der Waals surface area contributed by atoms with Gasteiger partial charge in [-0.2, -0.15) is 0 Å². The summed E-state index contributed by atoms with van der Waals surface area (Å²) in [6.07, 6.45) is 1.94. The first-order valence-corrected chi connectivity index (χ1v) is 9.03. The van der Waals surface area contributed by atoms with E-state index in [0.717, 1.165) is 29.7 Å². The predicted octanol–water partition coefficient (Wildman–Crippen LogP) is 3.91. The molecule has 27 heavy (non-hydrogen) atoms. The molecule has 1 aromatic heterocycles. The van der Waals surface area contributed by atoms with E-state index in [0.29, 0.717) is 17.5 Å². The van der Waals surface area contributed by atoms with E-state index in [-0.39, 0.29) is 23.1 Å².